The van der Waals surface area contributed by atoms with E-state index >= 15 is 0 Å². The third-order valence-corrected chi connectivity index (χ3v) is 5.75. The molecule has 2 aliphatic rings. The molecule has 2 aliphatic heterocycles. The Kier molecular flexibility index (Phi) is 4.79. The molecule has 17 heavy (non-hydrogen) atoms. The molecule has 0 aromatic rings. The lowest BCUT2D eigenvalue weighted by Crippen LogP contribution is -2.42. The van der Waals surface area contributed by atoms with Crippen LogP contribution in [0.3, 0.4) is 0 Å². The second-order valence-corrected chi connectivity index (χ2v) is 7.57. The summed E-state index contributed by atoms with van der Waals surface area (Å²) in [6.07, 6.45) is 2.74. The van der Waals surface area contributed by atoms with E-state index < -0.39 is 0 Å². The Hall–Kier alpha value is 0.270. The highest BCUT2D eigenvalue weighted by Gasteiger charge is 2.29. The van der Waals surface area contributed by atoms with E-state index in [2.05, 4.69) is 42.7 Å². The maximum atomic E-state index is 3.82. The van der Waals surface area contributed by atoms with E-state index in [-0.39, 0.29) is 0 Å². The minimum atomic E-state index is 0.533. The van der Waals surface area contributed by atoms with Crippen LogP contribution < -0.4 is 5.32 Å². The van der Waals surface area contributed by atoms with Crippen LogP contribution in [0.1, 0.15) is 33.6 Å². The molecule has 0 radical (unpaired) electrons. The van der Waals surface area contributed by atoms with Gasteiger partial charge in [0.2, 0.25) is 0 Å². The van der Waals surface area contributed by atoms with E-state index in [0.29, 0.717) is 5.41 Å². The Morgan fingerprint density at radius 3 is 2.88 bits per heavy atom. The van der Waals surface area contributed by atoms with Crippen molar-refractivity contribution in [3.05, 3.63) is 0 Å². The first-order valence-electron chi connectivity index (χ1n) is 7.12. The van der Waals surface area contributed by atoms with E-state index in [0.717, 1.165) is 12.0 Å². The van der Waals surface area contributed by atoms with Crippen molar-refractivity contribution < 1.29 is 0 Å². The summed E-state index contributed by atoms with van der Waals surface area (Å²) in [6, 6.07) is 0.749. The maximum Gasteiger partial charge on any atom is 0.0163 e. The number of nitrogens with zero attached hydrogens (tertiary/aromatic N) is 1. The third-order valence-electron chi connectivity index (χ3n) is 4.12. The molecule has 2 fully saturated rings. The van der Waals surface area contributed by atoms with E-state index in [1.54, 1.807) is 0 Å². The van der Waals surface area contributed by atoms with Gasteiger partial charge in [0.25, 0.3) is 0 Å². The average Bonchev–Trinajstić information content (AvgIpc) is 2.73. The first-order valence-corrected chi connectivity index (χ1v) is 8.28. The average molecular weight is 256 g/mol. The van der Waals surface area contributed by atoms with Crippen molar-refractivity contribution in [2.75, 3.05) is 37.7 Å². The fraction of sp³-hybridized carbons (Fsp3) is 1.00. The molecule has 0 amide bonds. The van der Waals surface area contributed by atoms with Gasteiger partial charge >= 0.3 is 0 Å². The van der Waals surface area contributed by atoms with Gasteiger partial charge in [0.15, 0.2) is 0 Å². The van der Waals surface area contributed by atoms with E-state index in [9.17, 15) is 0 Å². The van der Waals surface area contributed by atoms with E-state index in [4.69, 9.17) is 0 Å². The summed E-state index contributed by atoms with van der Waals surface area (Å²) in [5.74, 6) is 3.54. The summed E-state index contributed by atoms with van der Waals surface area (Å²) in [5, 5.41) is 3.82. The van der Waals surface area contributed by atoms with Crippen LogP contribution >= 0.6 is 11.8 Å². The zero-order chi connectivity index (χ0) is 12.3. The van der Waals surface area contributed by atoms with Crippen LogP contribution in [0.5, 0.6) is 0 Å². The normalized spacial score (nSPS) is 34.1. The molecule has 0 aromatic carbocycles. The van der Waals surface area contributed by atoms with Crippen molar-refractivity contribution in [2.45, 2.75) is 39.7 Å². The lowest BCUT2D eigenvalue weighted by Gasteiger charge is -2.35. The molecule has 2 rings (SSSR count). The molecular formula is C14H28N2S. The molecule has 2 heterocycles. The third kappa shape index (κ3) is 4.15. The molecule has 100 valence electrons. The van der Waals surface area contributed by atoms with Crippen LogP contribution in [0.4, 0.5) is 0 Å². The second kappa shape index (κ2) is 5.94. The molecule has 2 saturated heterocycles. The predicted octanol–water partition coefficient (Wildman–Crippen LogP) is 2.45. The molecule has 1 N–H and O–H groups in total. The number of hydrogen-bond donors (Lipinski definition) is 1. The molecule has 2 atom stereocenters. The van der Waals surface area contributed by atoms with Crippen molar-refractivity contribution >= 4 is 11.8 Å². The Bertz CT molecular complexity index is 242. The predicted molar refractivity (Wildman–Crippen MR) is 77.7 cm³/mol. The summed E-state index contributed by atoms with van der Waals surface area (Å²) < 4.78 is 0. The summed E-state index contributed by atoms with van der Waals surface area (Å²) >= 11 is 2.12. The van der Waals surface area contributed by atoms with Gasteiger partial charge in [-0.3, -0.25) is 0 Å². The molecule has 0 spiro atoms. The molecule has 0 aliphatic carbocycles. The van der Waals surface area contributed by atoms with Crippen molar-refractivity contribution in [2.24, 2.45) is 11.3 Å². The van der Waals surface area contributed by atoms with Gasteiger partial charge in [-0.15, -0.1) is 0 Å². The topological polar surface area (TPSA) is 15.3 Å². The molecule has 0 saturated carbocycles. The molecule has 0 bridgehead atoms. The monoisotopic (exact) mass is 256 g/mol. The zero-order valence-electron chi connectivity index (χ0n) is 11.7. The Morgan fingerprint density at radius 1 is 1.41 bits per heavy atom. The fourth-order valence-electron chi connectivity index (χ4n) is 3.09. The van der Waals surface area contributed by atoms with Crippen molar-refractivity contribution in [3.8, 4) is 0 Å². The van der Waals surface area contributed by atoms with Crippen molar-refractivity contribution in [1.29, 1.82) is 0 Å². The maximum absolute atomic E-state index is 3.82. The van der Waals surface area contributed by atoms with Crippen LogP contribution in [0.2, 0.25) is 0 Å². The van der Waals surface area contributed by atoms with Crippen LogP contribution in [0.15, 0.2) is 0 Å². The van der Waals surface area contributed by atoms with Gasteiger partial charge in [-0.05, 0) is 49.6 Å². The Morgan fingerprint density at radius 2 is 2.24 bits per heavy atom. The smallest absolute Gasteiger partial charge is 0.0163 e. The molecule has 0 aromatic heterocycles. The minimum absolute atomic E-state index is 0.533. The molecule has 2 unspecified atom stereocenters. The summed E-state index contributed by atoms with van der Waals surface area (Å²) in [5.41, 5.74) is 0.533. The van der Waals surface area contributed by atoms with Gasteiger partial charge < -0.3 is 10.2 Å². The standard InChI is InChI=1S/C14H28N2S/c1-4-16-6-5-12(9-16)8-15-13-7-14(2,3)11-17-10-13/h12-13,15H,4-11H2,1-3H3. The van der Waals surface area contributed by atoms with Gasteiger partial charge in [0.05, 0.1) is 0 Å². The minimum Gasteiger partial charge on any atom is -0.313 e. The number of thioether (sulfide) groups is 1. The second-order valence-electron chi connectivity index (χ2n) is 6.54. The van der Waals surface area contributed by atoms with Crippen LogP contribution in [-0.4, -0.2) is 48.6 Å². The van der Waals surface area contributed by atoms with Crippen LogP contribution in [0, 0.1) is 11.3 Å². The van der Waals surface area contributed by atoms with Gasteiger partial charge in [0, 0.05) is 18.3 Å². The zero-order valence-corrected chi connectivity index (χ0v) is 12.5. The largest absolute Gasteiger partial charge is 0.313 e. The van der Waals surface area contributed by atoms with Gasteiger partial charge in [-0.25, -0.2) is 0 Å². The van der Waals surface area contributed by atoms with Crippen molar-refractivity contribution in [3.63, 3.8) is 0 Å². The van der Waals surface area contributed by atoms with Crippen LogP contribution in [-0.2, 0) is 0 Å². The number of hydrogen-bond acceptors (Lipinski definition) is 3. The van der Waals surface area contributed by atoms with Crippen LogP contribution in [0.25, 0.3) is 0 Å². The number of likely N-dealkylation sites (tertiary alicyclic amines) is 1. The van der Waals surface area contributed by atoms with E-state index in [1.165, 1.54) is 50.5 Å². The first kappa shape index (κ1) is 13.7. The Balaban J connectivity index is 1.68. The summed E-state index contributed by atoms with van der Waals surface area (Å²) in [6.45, 7) is 12.2. The lowest BCUT2D eigenvalue weighted by atomic mass is 9.87. The highest BCUT2D eigenvalue weighted by molar-refractivity contribution is 7.99. The summed E-state index contributed by atoms with van der Waals surface area (Å²) in [4.78, 5) is 2.58. The lowest BCUT2D eigenvalue weighted by molar-refractivity contribution is 0.300. The molecular weight excluding hydrogens is 228 g/mol. The molecule has 3 heteroatoms. The fourth-order valence-corrected chi connectivity index (χ4v) is 4.40. The SMILES string of the molecule is CCN1CCC(CNC2CSCC(C)(C)C2)C1. The first-order chi connectivity index (χ1) is 8.09. The van der Waals surface area contributed by atoms with E-state index in [1.807, 2.05) is 0 Å². The van der Waals surface area contributed by atoms with Gasteiger partial charge in [-0.2, -0.15) is 11.8 Å². The quantitative estimate of drug-likeness (QED) is 0.832. The number of rotatable bonds is 4. The van der Waals surface area contributed by atoms with Gasteiger partial charge in [0.1, 0.15) is 0 Å². The molecule has 2 nitrogen and oxygen atoms in total. The van der Waals surface area contributed by atoms with Crippen molar-refractivity contribution in [1.82, 2.24) is 10.2 Å². The van der Waals surface area contributed by atoms with Gasteiger partial charge in [-0.1, -0.05) is 20.8 Å². The number of nitrogens with one attached hydrogen (secondary N) is 1. The highest BCUT2D eigenvalue weighted by Crippen LogP contribution is 2.33. The summed E-state index contributed by atoms with van der Waals surface area (Å²) in [7, 11) is 0. The Labute approximate surface area is 111 Å². The highest BCUT2D eigenvalue weighted by atomic mass is 32.2.